The van der Waals surface area contributed by atoms with Crippen LogP contribution >= 0.6 is 0 Å². The fourth-order valence-corrected chi connectivity index (χ4v) is 2.88. The van der Waals surface area contributed by atoms with Crippen LogP contribution in [0.25, 0.3) is 0 Å². The van der Waals surface area contributed by atoms with Gasteiger partial charge in [0.25, 0.3) is 5.91 Å². The lowest BCUT2D eigenvalue weighted by Gasteiger charge is -2.43. The van der Waals surface area contributed by atoms with Crippen molar-refractivity contribution in [3.8, 4) is 0 Å². The molecule has 0 aliphatic carbocycles. The smallest absolute Gasteiger partial charge is 0.274 e. The van der Waals surface area contributed by atoms with Crippen molar-refractivity contribution in [3.63, 3.8) is 0 Å². The number of carbonyl (C=O) groups excluding carboxylic acids is 1. The fraction of sp³-hybridized carbons (Fsp3) is 0.615. The number of amides is 1. The molecule has 1 fully saturated rings. The summed E-state index contributed by atoms with van der Waals surface area (Å²) in [7, 11) is -1.45. The quantitative estimate of drug-likeness (QED) is 0.767. The molecule has 21 heavy (non-hydrogen) atoms. The molecule has 1 saturated heterocycles. The van der Waals surface area contributed by atoms with Crippen LogP contribution in [0, 0.1) is 0 Å². The van der Waals surface area contributed by atoms with Gasteiger partial charge in [0, 0.05) is 31.4 Å². The van der Waals surface area contributed by atoms with Gasteiger partial charge in [-0.1, -0.05) is 0 Å². The SMILES string of the molecule is CC1C(C)N(C(=O)c2cncc(S(C)(=O)=O)n2)CCN1C. The Morgan fingerprint density at radius 2 is 1.90 bits per heavy atom. The van der Waals surface area contributed by atoms with Crippen LogP contribution in [0.3, 0.4) is 0 Å². The van der Waals surface area contributed by atoms with Gasteiger partial charge in [0.15, 0.2) is 14.9 Å². The second kappa shape index (κ2) is 5.69. The molecule has 0 bridgehead atoms. The molecular weight excluding hydrogens is 292 g/mol. The van der Waals surface area contributed by atoms with Crippen molar-refractivity contribution in [1.82, 2.24) is 19.8 Å². The van der Waals surface area contributed by atoms with Crippen molar-refractivity contribution in [1.29, 1.82) is 0 Å². The number of piperazine rings is 1. The highest BCUT2D eigenvalue weighted by molar-refractivity contribution is 7.90. The van der Waals surface area contributed by atoms with Gasteiger partial charge in [-0.3, -0.25) is 14.7 Å². The summed E-state index contributed by atoms with van der Waals surface area (Å²) in [4.78, 5) is 24.2. The van der Waals surface area contributed by atoms with Crippen LogP contribution in [0.15, 0.2) is 17.4 Å². The normalized spacial score (nSPS) is 24.1. The Hall–Kier alpha value is -1.54. The minimum atomic E-state index is -3.48. The van der Waals surface area contributed by atoms with E-state index >= 15 is 0 Å². The predicted molar refractivity (Wildman–Crippen MR) is 77.7 cm³/mol. The van der Waals surface area contributed by atoms with Crippen LogP contribution in [0.1, 0.15) is 24.3 Å². The molecule has 2 heterocycles. The summed E-state index contributed by atoms with van der Waals surface area (Å²) < 4.78 is 23.0. The highest BCUT2D eigenvalue weighted by Gasteiger charge is 2.32. The average Bonchev–Trinajstić information content (AvgIpc) is 2.43. The van der Waals surface area contributed by atoms with Crippen LogP contribution in [0.5, 0.6) is 0 Å². The van der Waals surface area contributed by atoms with E-state index in [4.69, 9.17) is 0 Å². The van der Waals surface area contributed by atoms with Gasteiger partial charge in [0.2, 0.25) is 0 Å². The molecule has 2 rings (SSSR count). The number of aromatic nitrogens is 2. The fourth-order valence-electron chi connectivity index (χ4n) is 2.36. The first-order valence-electron chi connectivity index (χ1n) is 6.75. The van der Waals surface area contributed by atoms with Crippen LogP contribution in [0.4, 0.5) is 0 Å². The van der Waals surface area contributed by atoms with Crippen molar-refractivity contribution < 1.29 is 13.2 Å². The average molecular weight is 312 g/mol. The first-order chi connectivity index (χ1) is 9.71. The van der Waals surface area contributed by atoms with E-state index in [0.29, 0.717) is 6.54 Å². The van der Waals surface area contributed by atoms with Gasteiger partial charge in [-0.2, -0.15) is 0 Å². The van der Waals surface area contributed by atoms with Gasteiger partial charge in [0.1, 0.15) is 5.69 Å². The molecule has 0 spiro atoms. The highest BCUT2D eigenvalue weighted by Crippen LogP contribution is 2.17. The van der Waals surface area contributed by atoms with E-state index in [1.807, 2.05) is 14.0 Å². The molecule has 1 aromatic rings. The van der Waals surface area contributed by atoms with Gasteiger partial charge in [-0.05, 0) is 20.9 Å². The molecule has 2 unspecified atom stereocenters. The third kappa shape index (κ3) is 3.21. The summed E-state index contributed by atoms with van der Waals surface area (Å²) in [5.74, 6) is -0.277. The molecule has 1 aliphatic heterocycles. The largest absolute Gasteiger partial charge is 0.332 e. The third-order valence-corrected chi connectivity index (χ3v) is 5.01. The standard InChI is InChI=1S/C13H20N4O3S/c1-9-10(2)17(6-5-16(9)3)13(18)11-7-14-8-12(15-11)21(4,19)20/h7-10H,5-6H2,1-4H3. The molecule has 0 saturated carbocycles. The topological polar surface area (TPSA) is 83.5 Å². The van der Waals surface area contributed by atoms with Gasteiger partial charge >= 0.3 is 0 Å². The van der Waals surface area contributed by atoms with Crippen molar-refractivity contribution in [2.75, 3.05) is 26.4 Å². The molecular formula is C13H20N4O3S. The van der Waals surface area contributed by atoms with E-state index in [9.17, 15) is 13.2 Å². The Balaban J connectivity index is 2.28. The van der Waals surface area contributed by atoms with E-state index in [1.54, 1.807) is 4.90 Å². The molecule has 0 radical (unpaired) electrons. The number of nitrogens with zero attached hydrogens (tertiary/aromatic N) is 4. The number of carbonyl (C=O) groups is 1. The van der Waals surface area contributed by atoms with Crippen LogP contribution in [-0.4, -0.2) is 72.6 Å². The molecule has 1 aliphatic rings. The van der Waals surface area contributed by atoms with E-state index in [2.05, 4.69) is 21.8 Å². The van der Waals surface area contributed by atoms with Crippen molar-refractivity contribution in [3.05, 3.63) is 18.1 Å². The first-order valence-corrected chi connectivity index (χ1v) is 8.64. The second-order valence-corrected chi connectivity index (χ2v) is 7.44. The van der Waals surface area contributed by atoms with Gasteiger partial charge in [-0.15, -0.1) is 0 Å². The summed E-state index contributed by atoms with van der Waals surface area (Å²) in [6, 6.07) is 0.258. The van der Waals surface area contributed by atoms with E-state index in [0.717, 1.165) is 19.0 Å². The molecule has 0 N–H and O–H groups in total. The maximum absolute atomic E-state index is 12.6. The maximum Gasteiger partial charge on any atom is 0.274 e. The van der Waals surface area contributed by atoms with Crippen molar-refractivity contribution in [2.45, 2.75) is 31.0 Å². The minimum Gasteiger partial charge on any atom is -0.332 e. The number of hydrogen-bond donors (Lipinski definition) is 0. The highest BCUT2D eigenvalue weighted by atomic mass is 32.2. The van der Waals surface area contributed by atoms with Gasteiger partial charge in [0.05, 0.1) is 12.4 Å². The van der Waals surface area contributed by atoms with E-state index < -0.39 is 9.84 Å². The first kappa shape index (κ1) is 15.8. The summed E-state index contributed by atoms with van der Waals surface area (Å²) >= 11 is 0. The monoisotopic (exact) mass is 312 g/mol. The zero-order chi connectivity index (χ0) is 15.8. The lowest BCUT2D eigenvalue weighted by atomic mass is 10.1. The van der Waals surface area contributed by atoms with Crippen LogP contribution < -0.4 is 0 Å². The predicted octanol–water partition coefficient (Wildman–Crippen LogP) is 0.0447. The molecule has 1 aromatic heterocycles. The number of rotatable bonds is 2. The van der Waals surface area contributed by atoms with Crippen LogP contribution in [0.2, 0.25) is 0 Å². The van der Waals surface area contributed by atoms with Crippen molar-refractivity contribution in [2.24, 2.45) is 0 Å². The molecule has 7 nitrogen and oxygen atoms in total. The Morgan fingerprint density at radius 3 is 2.52 bits per heavy atom. The summed E-state index contributed by atoms with van der Waals surface area (Å²) in [5.41, 5.74) is 0.0709. The van der Waals surface area contributed by atoms with Gasteiger partial charge in [-0.25, -0.2) is 13.4 Å². The number of likely N-dealkylation sites (N-methyl/N-ethyl adjacent to an activating group) is 1. The van der Waals surface area contributed by atoms with Gasteiger partial charge < -0.3 is 4.90 Å². The Bertz CT molecular complexity index is 647. The van der Waals surface area contributed by atoms with E-state index in [-0.39, 0.29) is 28.7 Å². The zero-order valence-corrected chi connectivity index (χ0v) is 13.5. The summed E-state index contributed by atoms with van der Waals surface area (Å²) in [5, 5.41) is -0.178. The zero-order valence-electron chi connectivity index (χ0n) is 12.6. The lowest BCUT2D eigenvalue weighted by molar-refractivity contribution is 0.0357. The number of sulfone groups is 1. The lowest BCUT2D eigenvalue weighted by Crippen LogP contribution is -2.57. The second-order valence-electron chi connectivity index (χ2n) is 5.48. The molecule has 8 heteroatoms. The van der Waals surface area contributed by atoms with E-state index in [1.165, 1.54) is 6.20 Å². The molecule has 1 amide bonds. The Kier molecular flexibility index (Phi) is 4.29. The van der Waals surface area contributed by atoms with Crippen LogP contribution in [-0.2, 0) is 9.84 Å². The Labute approximate surface area is 124 Å². The molecule has 2 atom stereocenters. The third-order valence-electron chi connectivity index (χ3n) is 4.05. The molecule has 0 aromatic carbocycles. The Morgan fingerprint density at radius 1 is 1.24 bits per heavy atom. The maximum atomic E-state index is 12.6. The summed E-state index contributed by atoms with van der Waals surface area (Å²) in [6.45, 7) is 5.40. The summed E-state index contributed by atoms with van der Waals surface area (Å²) in [6.07, 6.45) is 3.51. The minimum absolute atomic E-state index is 0.0277. The van der Waals surface area contributed by atoms with Crippen molar-refractivity contribution >= 4 is 15.7 Å². The molecule has 116 valence electrons. The number of hydrogen-bond acceptors (Lipinski definition) is 6.